The summed E-state index contributed by atoms with van der Waals surface area (Å²) >= 11 is 5.70. The second kappa shape index (κ2) is 7.80. The standard InChI is InChI=1S/C9H12ClNO.C2H6/c10-8-3-1-7(2-4-8)9(11)5-6-12;1-2/h1-4,9,12H,5-6,11H2;1-2H3. The van der Waals surface area contributed by atoms with Crippen LogP contribution in [0.5, 0.6) is 0 Å². The number of halogens is 1. The summed E-state index contributed by atoms with van der Waals surface area (Å²) in [5.41, 5.74) is 6.76. The third kappa shape index (κ3) is 4.61. The Hall–Kier alpha value is -0.570. The summed E-state index contributed by atoms with van der Waals surface area (Å²) in [6, 6.07) is 7.26. The molecule has 80 valence electrons. The number of benzene rings is 1. The minimum absolute atomic E-state index is 0.0905. The van der Waals surface area contributed by atoms with Gasteiger partial charge in [0.25, 0.3) is 0 Å². The number of hydrogen-bond donors (Lipinski definition) is 2. The molecule has 0 aliphatic carbocycles. The van der Waals surface area contributed by atoms with Crippen LogP contribution in [0.4, 0.5) is 0 Å². The van der Waals surface area contributed by atoms with E-state index in [0.29, 0.717) is 11.4 Å². The van der Waals surface area contributed by atoms with E-state index in [9.17, 15) is 0 Å². The van der Waals surface area contributed by atoms with Crippen molar-refractivity contribution in [2.45, 2.75) is 26.3 Å². The molecule has 3 heteroatoms. The molecule has 2 nitrogen and oxygen atoms in total. The highest BCUT2D eigenvalue weighted by atomic mass is 35.5. The Morgan fingerprint density at radius 1 is 1.29 bits per heavy atom. The van der Waals surface area contributed by atoms with Crippen molar-refractivity contribution in [3.05, 3.63) is 34.9 Å². The molecule has 1 rings (SSSR count). The van der Waals surface area contributed by atoms with Crippen LogP contribution in [0.2, 0.25) is 5.02 Å². The van der Waals surface area contributed by atoms with Crippen LogP contribution < -0.4 is 5.73 Å². The van der Waals surface area contributed by atoms with E-state index >= 15 is 0 Å². The normalized spacial score (nSPS) is 11.5. The first-order valence-electron chi connectivity index (χ1n) is 4.86. The minimum atomic E-state index is -0.0905. The van der Waals surface area contributed by atoms with Crippen LogP contribution in [0.25, 0.3) is 0 Å². The third-order valence-electron chi connectivity index (χ3n) is 1.74. The molecular formula is C11H18ClNO. The Morgan fingerprint density at radius 2 is 1.79 bits per heavy atom. The van der Waals surface area contributed by atoms with E-state index in [2.05, 4.69) is 0 Å². The van der Waals surface area contributed by atoms with Crippen LogP contribution >= 0.6 is 11.6 Å². The molecule has 0 spiro atoms. The number of aliphatic hydroxyl groups excluding tert-OH is 1. The second-order valence-corrected chi connectivity index (χ2v) is 3.11. The van der Waals surface area contributed by atoms with Crippen LogP contribution in [0, 0.1) is 0 Å². The average molecular weight is 216 g/mol. The van der Waals surface area contributed by atoms with Gasteiger partial charge in [0.15, 0.2) is 0 Å². The molecule has 1 aromatic carbocycles. The van der Waals surface area contributed by atoms with Gasteiger partial charge in [-0.2, -0.15) is 0 Å². The Balaban J connectivity index is 0.000000791. The Bertz CT molecular complexity index is 236. The topological polar surface area (TPSA) is 46.2 Å². The van der Waals surface area contributed by atoms with Crippen LogP contribution in [-0.4, -0.2) is 11.7 Å². The Labute approximate surface area is 90.7 Å². The smallest absolute Gasteiger partial charge is 0.0449 e. The predicted octanol–water partition coefficient (Wildman–Crippen LogP) is 2.75. The molecule has 0 saturated carbocycles. The molecule has 0 radical (unpaired) electrons. The van der Waals surface area contributed by atoms with Gasteiger partial charge in [0, 0.05) is 17.7 Å². The molecule has 0 fully saturated rings. The highest BCUT2D eigenvalue weighted by Crippen LogP contribution is 2.16. The van der Waals surface area contributed by atoms with Crippen LogP contribution in [-0.2, 0) is 0 Å². The average Bonchev–Trinajstić information content (AvgIpc) is 2.22. The van der Waals surface area contributed by atoms with Gasteiger partial charge >= 0.3 is 0 Å². The van der Waals surface area contributed by atoms with Crippen molar-refractivity contribution < 1.29 is 5.11 Å². The molecule has 0 amide bonds. The van der Waals surface area contributed by atoms with Gasteiger partial charge in [0.2, 0.25) is 0 Å². The molecular weight excluding hydrogens is 198 g/mol. The summed E-state index contributed by atoms with van der Waals surface area (Å²) in [6.07, 6.45) is 0.585. The van der Waals surface area contributed by atoms with Gasteiger partial charge in [0.1, 0.15) is 0 Å². The van der Waals surface area contributed by atoms with Gasteiger partial charge < -0.3 is 10.8 Å². The number of rotatable bonds is 3. The van der Waals surface area contributed by atoms with Crippen molar-refractivity contribution >= 4 is 11.6 Å². The lowest BCUT2D eigenvalue weighted by molar-refractivity contribution is 0.276. The summed E-state index contributed by atoms with van der Waals surface area (Å²) < 4.78 is 0. The predicted molar refractivity (Wildman–Crippen MR) is 61.4 cm³/mol. The summed E-state index contributed by atoms with van der Waals surface area (Å²) in [7, 11) is 0. The summed E-state index contributed by atoms with van der Waals surface area (Å²) in [6.45, 7) is 4.11. The summed E-state index contributed by atoms with van der Waals surface area (Å²) in [4.78, 5) is 0. The maximum Gasteiger partial charge on any atom is 0.0449 e. The van der Waals surface area contributed by atoms with E-state index in [1.165, 1.54) is 0 Å². The Morgan fingerprint density at radius 3 is 2.21 bits per heavy atom. The molecule has 3 N–H and O–H groups in total. The maximum atomic E-state index is 8.65. The first-order chi connectivity index (χ1) is 6.74. The monoisotopic (exact) mass is 215 g/mol. The van der Waals surface area contributed by atoms with Crippen molar-refractivity contribution in [2.75, 3.05) is 6.61 Å². The van der Waals surface area contributed by atoms with Crippen LogP contribution in [0.15, 0.2) is 24.3 Å². The quantitative estimate of drug-likeness (QED) is 0.815. The summed E-state index contributed by atoms with van der Waals surface area (Å²) in [5.74, 6) is 0. The maximum absolute atomic E-state index is 8.65. The first-order valence-corrected chi connectivity index (χ1v) is 5.23. The van der Waals surface area contributed by atoms with Crippen LogP contribution in [0.3, 0.4) is 0 Å². The van der Waals surface area contributed by atoms with Gasteiger partial charge in [0.05, 0.1) is 0 Å². The molecule has 0 aromatic heterocycles. The molecule has 0 aliphatic heterocycles. The van der Waals surface area contributed by atoms with E-state index in [4.69, 9.17) is 22.4 Å². The van der Waals surface area contributed by atoms with Gasteiger partial charge in [-0.1, -0.05) is 37.6 Å². The van der Waals surface area contributed by atoms with Gasteiger partial charge in [-0.15, -0.1) is 0 Å². The molecule has 14 heavy (non-hydrogen) atoms. The van der Waals surface area contributed by atoms with E-state index in [0.717, 1.165) is 5.56 Å². The largest absolute Gasteiger partial charge is 0.396 e. The third-order valence-corrected chi connectivity index (χ3v) is 1.99. The van der Waals surface area contributed by atoms with E-state index in [1.54, 1.807) is 12.1 Å². The minimum Gasteiger partial charge on any atom is -0.396 e. The molecule has 0 aliphatic rings. The van der Waals surface area contributed by atoms with Crippen molar-refractivity contribution in [3.63, 3.8) is 0 Å². The van der Waals surface area contributed by atoms with Crippen molar-refractivity contribution in [1.29, 1.82) is 0 Å². The van der Waals surface area contributed by atoms with Gasteiger partial charge in [-0.3, -0.25) is 0 Å². The fourth-order valence-electron chi connectivity index (χ4n) is 1.02. The molecule has 1 atom stereocenters. The number of nitrogens with two attached hydrogens (primary N) is 1. The molecule has 0 bridgehead atoms. The zero-order valence-corrected chi connectivity index (χ0v) is 9.46. The highest BCUT2D eigenvalue weighted by Gasteiger charge is 2.03. The fraction of sp³-hybridized carbons (Fsp3) is 0.455. The van der Waals surface area contributed by atoms with Crippen LogP contribution in [0.1, 0.15) is 31.9 Å². The Kier molecular flexibility index (Phi) is 7.48. The van der Waals surface area contributed by atoms with Crippen molar-refractivity contribution in [2.24, 2.45) is 5.73 Å². The lowest BCUT2D eigenvalue weighted by atomic mass is 10.1. The lowest BCUT2D eigenvalue weighted by Gasteiger charge is -2.09. The zero-order valence-electron chi connectivity index (χ0n) is 8.70. The van der Waals surface area contributed by atoms with E-state index < -0.39 is 0 Å². The fourth-order valence-corrected chi connectivity index (χ4v) is 1.14. The van der Waals surface area contributed by atoms with Gasteiger partial charge in [-0.05, 0) is 24.1 Å². The van der Waals surface area contributed by atoms with E-state index in [1.807, 2.05) is 26.0 Å². The summed E-state index contributed by atoms with van der Waals surface area (Å²) in [5, 5.41) is 9.35. The SMILES string of the molecule is CC.NC(CCO)c1ccc(Cl)cc1. The molecule has 1 aromatic rings. The van der Waals surface area contributed by atoms with E-state index in [-0.39, 0.29) is 12.6 Å². The second-order valence-electron chi connectivity index (χ2n) is 2.67. The van der Waals surface area contributed by atoms with Crippen molar-refractivity contribution in [1.82, 2.24) is 0 Å². The molecule has 1 unspecified atom stereocenters. The molecule has 0 heterocycles. The lowest BCUT2D eigenvalue weighted by Crippen LogP contribution is -2.11. The number of hydrogen-bond acceptors (Lipinski definition) is 2. The zero-order chi connectivity index (χ0) is 11.0. The number of aliphatic hydroxyl groups is 1. The highest BCUT2D eigenvalue weighted by molar-refractivity contribution is 6.30. The molecule has 0 saturated heterocycles. The van der Waals surface area contributed by atoms with Crippen molar-refractivity contribution in [3.8, 4) is 0 Å². The first kappa shape index (κ1) is 13.4. The van der Waals surface area contributed by atoms with Gasteiger partial charge in [-0.25, -0.2) is 0 Å².